The van der Waals surface area contributed by atoms with E-state index in [1.54, 1.807) is 26.0 Å². The minimum Gasteiger partial charge on any atom is -0.508 e. The number of nitro benzene ring substituents is 2. The first kappa shape index (κ1) is 21.4. The van der Waals surface area contributed by atoms with E-state index in [1.165, 1.54) is 18.2 Å². The predicted molar refractivity (Wildman–Crippen MR) is 101 cm³/mol. The Morgan fingerprint density at radius 3 is 2.04 bits per heavy atom. The van der Waals surface area contributed by atoms with Crippen LogP contribution in [-0.4, -0.2) is 26.9 Å². The Hall–Kier alpha value is -2.68. The van der Waals surface area contributed by atoms with Crippen LogP contribution >= 0.6 is 15.9 Å². The fourth-order valence-corrected chi connectivity index (χ4v) is 2.14. The van der Waals surface area contributed by atoms with E-state index in [4.69, 9.17) is 9.84 Å². The minimum absolute atomic E-state index is 0.0509. The third-order valence-electron chi connectivity index (χ3n) is 3.31. The molecule has 8 nitrogen and oxygen atoms in total. The minimum atomic E-state index is -0.519. The molecule has 0 heterocycles. The van der Waals surface area contributed by atoms with Gasteiger partial charge in [0.1, 0.15) is 11.5 Å². The van der Waals surface area contributed by atoms with Gasteiger partial charge in [-0.05, 0) is 44.5 Å². The van der Waals surface area contributed by atoms with E-state index >= 15 is 0 Å². The van der Waals surface area contributed by atoms with Gasteiger partial charge in [0, 0.05) is 16.5 Å². The van der Waals surface area contributed by atoms with E-state index in [9.17, 15) is 20.2 Å². The number of ether oxygens (including phenoxy) is 1. The number of hydrogen-bond donors (Lipinski definition) is 1. The molecule has 0 bridgehead atoms. The summed E-state index contributed by atoms with van der Waals surface area (Å²) in [5.41, 5.74) is 1.25. The average molecular weight is 427 g/mol. The molecule has 0 unspecified atom stereocenters. The van der Waals surface area contributed by atoms with Crippen molar-refractivity contribution >= 4 is 27.3 Å². The van der Waals surface area contributed by atoms with Gasteiger partial charge in [-0.2, -0.15) is 0 Å². The van der Waals surface area contributed by atoms with Crippen molar-refractivity contribution in [3.63, 3.8) is 0 Å². The van der Waals surface area contributed by atoms with Crippen molar-refractivity contribution < 1.29 is 19.7 Å². The zero-order chi connectivity index (χ0) is 19.7. The Morgan fingerprint density at radius 2 is 1.54 bits per heavy atom. The molecule has 26 heavy (non-hydrogen) atoms. The fourth-order valence-electron chi connectivity index (χ4n) is 1.91. The molecule has 0 aliphatic rings. The van der Waals surface area contributed by atoms with Crippen LogP contribution in [0.5, 0.6) is 11.5 Å². The molecule has 0 aromatic heterocycles. The van der Waals surface area contributed by atoms with Gasteiger partial charge in [0.2, 0.25) is 0 Å². The number of nitro groups is 2. The van der Waals surface area contributed by atoms with Crippen molar-refractivity contribution in [1.82, 2.24) is 0 Å². The van der Waals surface area contributed by atoms with Crippen LogP contribution in [0.4, 0.5) is 11.4 Å². The maximum atomic E-state index is 10.6. The molecule has 0 amide bonds. The molecule has 0 atom stereocenters. The summed E-state index contributed by atoms with van der Waals surface area (Å²) in [6, 6.07) is 8.97. The molecule has 140 valence electrons. The lowest BCUT2D eigenvalue weighted by Gasteiger charge is -2.05. The lowest BCUT2D eigenvalue weighted by molar-refractivity contribution is -0.385. The average Bonchev–Trinajstić information content (AvgIpc) is 2.59. The quantitative estimate of drug-likeness (QED) is 0.310. The third kappa shape index (κ3) is 6.67. The molecular weight excluding hydrogens is 408 g/mol. The van der Waals surface area contributed by atoms with Crippen LogP contribution in [0.1, 0.15) is 17.5 Å². The molecule has 2 aromatic carbocycles. The predicted octanol–water partition coefficient (Wildman–Crippen LogP) is 4.68. The number of alkyl halides is 1. The van der Waals surface area contributed by atoms with Crippen molar-refractivity contribution in [3.05, 3.63) is 67.8 Å². The highest BCUT2D eigenvalue weighted by Crippen LogP contribution is 2.24. The number of aryl methyl sites for hydroxylation is 2. The highest BCUT2D eigenvalue weighted by Gasteiger charge is 2.11. The Kier molecular flexibility index (Phi) is 8.50. The van der Waals surface area contributed by atoms with Crippen molar-refractivity contribution in [2.75, 3.05) is 11.9 Å². The maximum Gasteiger partial charge on any atom is 0.275 e. The van der Waals surface area contributed by atoms with E-state index in [-0.39, 0.29) is 17.1 Å². The van der Waals surface area contributed by atoms with E-state index in [0.717, 1.165) is 17.8 Å². The first-order valence-electron chi connectivity index (χ1n) is 7.64. The molecule has 9 heteroatoms. The van der Waals surface area contributed by atoms with Gasteiger partial charge in [0.15, 0.2) is 0 Å². The fraction of sp³-hybridized carbons (Fsp3) is 0.294. The SMILES string of the molecule is Cc1ccc(O)cc1[N+](=O)[O-].Cc1ccc(OCCCBr)cc1[N+](=O)[O-]. The van der Waals surface area contributed by atoms with Crippen LogP contribution in [0, 0.1) is 34.1 Å². The van der Waals surface area contributed by atoms with Gasteiger partial charge in [-0.1, -0.05) is 15.9 Å². The van der Waals surface area contributed by atoms with Gasteiger partial charge in [-0.25, -0.2) is 0 Å². The van der Waals surface area contributed by atoms with Gasteiger partial charge < -0.3 is 9.84 Å². The normalized spacial score (nSPS) is 9.81. The van der Waals surface area contributed by atoms with Crippen molar-refractivity contribution in [3.8, 4) is 11.5 Å². The topological polar surface area (TPSA) is 116 Å². The van der Waals surface area contributed by atoms with Crippen LogP contribution in [0.2, 0.25) is 0 Å². The number of phenols is 1. The Bertz CT molecular complexity index is 782. The number of aromatic hydroxyl groups is 1. The van der Waals surface area contributed by atoms with Gasteiger partial charge >= 0.3 is 0 Å². The molecule has 0 aliphatic heterocycles. The molecular formula is C17H19BrN2O6. The maximum absolute atomic E-state index is 10.6. The lowest BCUT2D eigenvalue weighted by atomic mass is 10.2. The number of hydrogen-bond acceptors (Lipinski definition) is 6. The first-order chi connectivity index (χ1) is 12.3. The van der Waals surface area contributed by atoms with E-state index in [2.05, 4.69) is 15.9 Å². The van der Waals surface area contributed by atoms with Gasteiger partial charge in [-0.3, -0.25) is 20.2 Å². The summed E-state index contributed by atoms with van der Waals surface area (Å²) in [5.74, 6) is 0.468. The molecule has 0 fully saturated rings. The van der Waals surface area contributed by atoms with Gasteiger partial charge in [0.05, 0.1) is 28.6 Å². The van der Waals surface area contributed by atoms with E-state index in [0.29, 0.717) is 23.5 Å². The van der Waals surface area contributed by atoms with Crippen LogP contribution < -0.4 is 4.74 Å². The molecule has 0 saturated carbocycles. The zero-order valence-electron chi connectivity index (χ0n) is 14.3. The second kappa shape index (κ2) is 10.3. The summed E-state index contributed by atoms with van der Waals surface area (Å²) < 4.78 is 5.36. The van der Waals surface area contributed by atoms with E-state index < -0.39 is 9.85 Å². The van der Waals surface area contributed by atoms with Gasteiger partial charge in [0.25, 0.3) is 11.4 Å². The highest BCUT2D eigenvalue weighted by molar-refractivity contribution is 9.09. The lowest BCUT2D eigenvalue weighted by Crippen LogP contribution is -1.99. The molecule has 0 aliphatic carbocycles. The summed E-state index contributed by atoms with van der Waals surface area (Å²) in [7, 11) is 0. The van der Waals surface area contributed by atoms with Crippen molar-refractivity contribution in [2.24, 2.45) is 0 Å². The largest absolute Gasteiger partial charge is 0.508 e. The Morgan fingerprint density at radius 1 is 1.00 bits per heavy atom. The highest BCUT2D eigenvalue weighted by atomic mass is 79.9. The Balaban J connectivity index is 0.000000273. The smallest absolute Gasteiger partial charge is 0.275 e. The number of phenolic OH excluding ortho intramolecular Hbond substituents is 1. The Labute approximate surface area is 158 Å². The summed E-state index contributed by atoms with van der Waals surface area (Å²) in [6.45, 7) is 3.89. The summed E-state index contributed by atoms with van der Waals surface area (Å²) >= 11 is 3.28. The molecule has 0 radical (unpaired) electrons. The van der Waals surface area contributed by atoms with Gasteiger partial charge in [-0.15, -0.1) is 0 Å². The molecule has 0 spiro atoms. The van der Waals surface area contributed by atoms with Crippen LogP contribution in [0.3, 0.4) is 0 Å². The number of halogens is 1. The summed E-state index contributed by atoms with van der Waals surface area (Å²) in [4.78, 5) is 20.0. The molecule has 0 saturated heterocycles. The molecule has 2 rings (SSSR count). The third-order valence-corrected chi connectivity index (χ3v) is 3.87. The number of nitrogens with zero attached hydrogens (tertiary/aromatic N) is 2. The van der Waals surface area contributed by atoms with E-state index in [1.807, 2.05) is 0 Å². The second-order valence-electron chi connectivity index (χ2n) is 5.32. The summed E-state index contributed by atoms with van der Waals surface area (Å²) in [6.07, 6.45) is 0.877. The number of rotatable bonds is 6. The van der Waals surface area contributed by atoms with Crippen LogP contribution in [0.25, 0.3) is 0 Å². The monoisotopic (exact) mass is 426 g/mol. The van der Waals surface area contributed by atoms with Crippen molar-refractivity contribution in [2.45, 2.75) is 20.3 Å². The van der Waals surface area contributed by atoms with Crippen LogP contribution in [0.15, 0.2) is 36.4 Å². The molecule has 1 N–H and O–H groups in total. The van der Waals surface area contributed by atoms with Crippen LogP contribution in [-0.2, 0) is 0 Å². The number of benzene rings is 2. The zero-order valence-corrected chi connectivity index (χ0v) is 15.9. The summed E-state index contributed by atoms with van der Waals surface area (Å²) in [5, 5.41) is 30.7. The second-order valence-corrected chi connectivity index (χ2v) is 6.12. The standard InChI is InChI=1S/C10H12BrNO3.C7H7NO3/c1-8-3-4-9(15-6-2-5-11)7-10(8)12(13)14;1-5-2-3-6(9)4-7(5)8(10)11/h3-4,7H,2,5-6H2,1H3;2-4,9H,1H3. The first-order valence-corrected chi connectivity index (χ1v) is 8.76. The van der Waals surface area contributed by atoms with Crippen molar-refractivity contribution in [1.29, 1.82) is 0 Å². The molecule has 2 aromatic rings.